The third-order valence-corrected chi connectivity index (χ3v) is 8.21. The van der Waals surface area contributed by atoms with E-state index >= 15 is 0 Å². The minimum Gasteiger partial charge on any atom is -0.339 e. The highest BCUT2D eigenvalue weighted by Crippen LogP contribution is 2.52. The van der Waals surface area contributed by atoms with Crippen molar-refractivity contribution >= 4 is 45.8 Å². The molecule has 1 saturated heterocycles. The molecule has 2 atom stereocenters. The van der Waals surface area contributed by atoms with E-state index in [9.17, 15) is 14.4 Å². The first kappa shape index (κ1) is 26.6. The van der Waals surface area contributed by atoms with Crippen LogP contribution in [0.2, 0.25) is 5.02 Å². The number of anilines is 1. The Morgan fingerprint density at radius 1 is 1.19 bits per heavy atom. The summed E-state index contributed by atoms with van der Waals surface area (Å²) in [5.74, 6) is -0.471. The molecule has 1 saturated carbocycles. The summed E-state index contributed by atoms with van der Waals surface area (Å²) < 4.78 is 0. The molecule has 4 rings (SSSR count). The van der Waals surface area contributed by atoms with E-state index in [1.54, 1.807) is 24.3 Å². The number of carbonyl (C=O) groups is 3. The van der Waals surface area contributed by atoms with Crippen molar-refractivity contribution in [3.05, 3.63) is 45.9 Å². The third-order valence-electron chi connectivity index (χ3n) is 7.15. The van der Waals surface area contributed by atoms with Crippen molar-refractivity contribution in [2.75, 3.05) is 18.4 Å². The molecular weight excluding hydrogens is 496 g/mol. The summed E-state index contributed by atoms with van der Waals surface area (Å²) in [6, 6.07) is 6.73. The van der Waals surface area contributed by atoms with Crippen LogP contribution in [0.5, 0.6) is 0 Å². The molecule has 2 heterocycles. The number of thiazole rings is 1. The Morgan fingerprint density at radius 3 is 2.56 bits per heavy atom. The van der Waals surface area contributed by atoms with Crippen LogP contribution in [0.15, 0.2) is 29.6 Å². The molecule has 1 aliphatic carbocycles. The highest BCUT2D eigenvalue weighted by molar-refractivity contribution is 7.13. The number of nitrogens with one attached hydrogen (secondary N) is 1. The van der Waals surface area contributed by atoms with Gasteiger partial charge in [-0.05, 0) is 68.2 Å². The van der Waals surface area contributed by atoms with E-state index in [0.717, 1.165) is 25.8 Å². The lowest BCUT2D eigenvalue weighted by Gasteiger charge is -2.39. The second-order valence-electron chi connectivity index (χ2n) is 11.6. The Kier molecular flexibility index (Phi) is 7.49. The van der Waals surface area contributed by atoms with Crippen LogP contribution in [-0.2, 0) is 16.0 Å². The van der Waals surface area contributed by atoms with E-state index in [1.807, 2.05) is 19.2 Å². The minimum absolute atomic E-state index is 0.100. The number of halogens is 1. The summed E-state index contributed by atoms with van der Waals surface area (Å²) in [7, 11) is 0. The molecule has 9 heteroatoms. The number of aromatic nitrogens is 1. The topological polar surface area (TPSA) is 82.6 Å². The third kappa shape index (κ3) is 6.09. The molecular formula is C27H35ClN4O3S. The Labute approximate surface area is 222 Å². The lowest BCUT2D eigenvalue weighted by Crippen LogP contribution is -2.42. The highest BCUT2D eigenvalue weighted by atomic mass is 35.5. The molecule has 1 aliphatic heterocycles. The van der Waals surface area contributed by atoms with Crippen LogP contribution in [0.4, 0.5) is 5.13 Å². The smallest absolute Gasteiger partial charge is 0.254 e. The number of carbonyl (C=O) groups excluding carboxylic acids is 3. The van der Waals surface area contributed by atoms with Crippen LogP contribution in [0.25, 0.3) is 0 Å². The molecule has 2 unspecified atom stereocenters. The van der Waals surface area contributed by atoms with Gasteiger partial charge < -0.3 is 15.1 Å². The molecule has 7 nitrogen and oxygen atoms in total. The van der Waals surface area contributed by atoms with E-state index in [4.69, 9.17) is 11.6 Å². The van der Waals surface area contributed by atoms with Gasteiger partial charge in [-0.3, -0.25) is 14.4 Å². The van der Waals surface area contributed by atoms with E-state index in [2.05, 4.69) is 36.0 Å². The fraction of sp³-hybridized carbons (Fsp3) is 0.556. The SMILES string of the molecule is CC(C)N(CC(=O)Nc1nc(CC(=O)N2CC3(C)CC2CC(C)(C)C3)cs1)C(=O)c1ccc(Cl)cc1. The Hall–Kier alpha value is -2.45. The molecule has 3 amide bonds. The van der Waals surface area contributed by atoms with Gasteiger partial charge in [0, 0.05) is 34.6 Å². The molecule has 0 spiro atoms. The first-order valence-corrected chi connectivity index (χ1v) is 13.7. The van der Waals surface area contributed by atoms with Crippen molar-refractivity contribution in [1.29, 1.82) is 0 Å². The van der Waals surface area contributed by atoms with E-state index < -0.39 is 0 Å². The zero-order valence-corrected chi connectivity index (χ0v) is 23.2. The maximum absolute atomic E-state index is 13.1. The Bertz CT molecular complexity index is 1150. The Morgan fingerprint density at radius 2 is 1.89 bits per heavy atom. The average molecular weight is 531 g/mol. The predicted molar refractivity (Wildman–Crippen MR) is 143 cm³/mol. The molecule has 36 heavy (non-hydrogen) atoms. The molecule has 1 aromatic carbocycles. The van der Waals surface area contributed by atoms with Gasteiger partial charge in [-0.25, -0.2) is 4.98 Å². The van der Waals surface area contributed by atoms with Crippen LogP contribution < -0.4 is 5.32 Å². The lowest BCUT2D eigenvalue weighted by atomic mass is 9.65. The van der Waals surface area contributed by atoms with Crippen LogP contribution in [0.3, 0.4) is 0 Å². The van der Waals surface area contributed by atoms with Gasteiger partial charge in [-0.1, -0.05) is 32.4 Å². The number of benzene rings is 1. The molecule has 2 bridgehead atoms. The standard InChI is InChI=1S/C27H35ClN4O3S/c1-17(2)31(24(35)18-6-8-19(28)9-7-18)13-22(33)30-25-29-20(14-36-25)10-23(34)32-16-27(5)12-21(32)11-26(3,4)15-27/h6-9,14,17,21H,10-13,15-16H2,1-5H3,(H,29,30,33). The normalized spacial score (nSPS) is 22.5. The quantitative estimate of drug-likeness (QED) is 0.529. The van der Waals surface area contributed by atoms with Gasteiger partial charge in [0.1, 0.15) is 6.54 Å². The maximum Gasteiger partial charge on any atom is 0.254 e. The highest BCUT2D eigenvalue weighted by Gasteiger charge is 2.50. The second-order valence-corrected chi connectivity index (χ2v) is 12.9. The number of amides is 3. The van der Waals surface area contributed by atoms with Crippen molar-refractivity contribution in [3.63, 3.8) is 0 Å². The van der Waals surface area contributed by atoms with E-state index in [1.165, 1.54) is 16.2 Å². The fourth-order valence-corrected chi connectivity index (χ4v) is 6.87. The molecule has 2 fully saturated rings. The summed E-state index contributed by atoms with van der Waals surface area (Å²) in [6.07, 6.45) is 3.48. The van der Waals surface area contributed by atoms with Gasteiger partial charge in [0.15, 0.2) is 5.13 Å². The van der Waals surface area contributed by atoms with Gasteiger partial charge in [-0.15, -0.1) is 11.3 Å². The molecule has 1 aromatic heterocycles. The number of fused-ring (bicyclic) bond motifs is 2. The van der Waals surface area contributed by atoms with Crippen molar-refractivity contribution in [2.45, 2.75) is 72.4 Å². The van der Waals surface area contributed by atoms with Gasteiger partial charge >= 0.3 is 0 Å². The summed E-state index contributed by atoms with van der Waals surface area (Å²) in [6.45, 7) is 11.3. The zero-order valence-electron chi connectivity index (χ0n) is 21.6. The summed E-state index contributed by atoms with van der Waals surface area (Å²) >= 11 is 7.22. The van der Waals surface area contributed by atoms with Gasteiger partial charge in [0.25, 0.3) is 5.91 Å². The molecule has 2 aliphatic rings. The first-order valence-electron chi connectivity index (χ1n) is 12.4. The number of hydrogen-bond donors (Lipinski definition) is 1. The Balaban J connectivity index is 1.34. The average Bonchev–Trinajstić information content (AvgIpc) is 3.31. The number of hydrogen-bond acceptors (Lipinski definition) is 5. The van der Waals surface area contributed by atoms with E-state index in [-0.39, 0.29) is 47.6 Å². The number of likely N-dealkylation sites (tertiary alicyclic amines) is 1. The molecule has 2 aromatic rings. The van der Waals surface area contributed by atoms with Gasteiger partial charge in [0.2, 0.25) is 11.8 Å². The van der Waals surface area contributed by atoms with Gasteiger partial charge in [-0.2, -0.15) is 0 Å². The van der Waals surface area contributed by atoms with Crippen molar-refractivity contribution in [3.8, 4) is 0 Å². The predicted octanol–water partition coefficient (Wildman–Crippen LogP) is 5.26. The minimum atomic E-state index is -0.332. The van der Waals surface area contributed by atoms with Crippen LogP contribution >= 0.6 is 22.9 Å². The number of nitrogens with zero attached hydrogens (tertiary/aromatic N) is 3. The van der Waals surface area contributed by atoms with Crippen LogP contribution in [0, 0.1) is 10.8 Å². The first-order chi connectivity index (χ1) is 16.8. The van der Waals surface area contributed by atoms with Crippen molar-refractivity contribution in [2.24, 2.45) is 10.8 Å². The summed E-state index contributed by atoms with van der Waals surface area (Å²) in [5, 5.41) is 5.58. The van der Waals surface area contributed by atoms with Crippen LogP contribution in [0.1, 0.15) is 69.9 Å². The molecule has 0 radical (unpaired) electrons. The monoisotopic (exact) mass is 530 g/mol. The summed E-state index contributed by atoms with van der Waals surface area (Å²) in [4.78, 5) is 46.8. The zero-order chi connectivity index (χ0) is 26.3. The largest absolute Gasteiger partial charge is 0.339 e. The van der Waals surface area contributed by atoms with Gasteiger partial charge in [0.05, 0.1) is 12.1 Å². The lowest BCUT2D eigenvalue weighted by molar-refractivity contribution is -0.131. The second kappa shape index (κ2) is 10.1. The molecule has 1 N–H and O–H groups in total. The summed E-state index contributed by atoms with van der Waals surface area (Å²) in [5.41, 5.74) is 1.57. The molecule has 194 valence electrons. The van der Waals surface area contributed by atoms with E-state index in [0.29, 0.717) is 27.5 Å². The maximum atomic E-state index is 13.1. The number of rotatable bonds is 7. The van der Waals surface area contributed by atoms with Crippen LogP contribution in [-0.4, -0.2) is 57.7 Å². The van der Waals surface area contributed by atoms with Crippen molar-refractivity contribution in [1.82, 2.24) is 14.8 Å². The fourth-order valence-electron chi connectivity index (χ4n) is 6.01. The van der Waals surface area contributed by atoms with Crippen molar-refractivity contribution < 1.29 is 14.4 Å².